The van der Waals surface area contributed by atoms with Crippen molar-refractivity contribution in [3.8, 4) is 0 Å². The second-order valence-corrected chi connectivity index (χ2v) is 5.02. The summed E-state index contributed by atoms with van der Waals surface area (Å²) in [7, 11) is 0. The highest BCUT2D eigenvalue weighted by Crippen LogP contribution is 2.18. The van der Waals surface area contributed by atoms with Gasteiger partial charge in [0.25, 0.3) is 0 Å². The van der Waals surface area contributed by atoms with E-state index < -0.39 is 0 Å². The highest BCUT2D eigenvalue weighted by molar-refractivity contribution is 6.14. The van der Waals surface area contributed by atoms with E-state index in [9.17, 15) is 0 Å². The summed E-state index contributed by atoms with van der Waals surface area (Å²) >= 11 is 0. The molecule has 0 saturated heterocycles. The first-order valence-electron chi connectivity index (χ1n) is 7.06. The average molecular weight is 280 g/mol. The smallest absolute Gasteiger partial charge is 0.0662 e. The van der Waals surface area contributed by atoms with Crippen LogP contribution in [0.4, 0.5) is 0 Å². The predicted octanol–water partition coefficient (Wildman–Crippen LogP) is 4.57. The van der Waals surface area contributed by atoms with Crippen LogP contribution in [0.15, 0.2) is 60.4 Å². The quantitative estimate of drug-likeness (QED) is 0.582. The molecule has 1 aromatic rings. The van der Waals surface area contributed by atoms with E-state index in [0.717, 1.165) is 17.6 Å². The Kier molecular flexibility index (Phi) is 5.92. The number of rotatable bonds is 6. The van der Waals surface area contributed by atoms with Crippen LogP contribution in [-0.4, -0.2) is 5.71 Å². The van der Waals surface area contributed by atoms with Gasteiger partial charge in [-0.05, 0) is 54.7 Å². The normalized spacial score (nSPS) is 12.6. The third kappa shape index (κ3) is 4.06. The fourth-order valence-electron chi connectivity index (χ4n) is 2.06. The maximum Gasteiger partial charge on any atom is 0.0662 e. The van der Waals surface area contributed by atoms with E-state index in [0.29, 0.717) is 17.0 Å². The van der Waals surface area contributed by atoms with Gasteiger partial charge in [0, 0.05) is 11.3 Å². The molecule has 0 aliphatic heterocycles. The molecule has 2 heteroatoms. The molecule has 0 amide bonds. The van der Waals surface area contributed by atoms with Gasteiger partial charge < -0.3 is 5.73 Å². The minimum absolute atomic E-state index is 0.378. The Balaban J connectivity index is 3.24. The largest absolute Gasteiger partial charge is 0.398 e. The van der Waals surface area contributed by atoms with Crippen molar-refractivity contribution in [1.29, 1.82) is 5.41 Å². The van der Waals surface area contributed by atoms with Crippen LogP contribution in [0.2, 0.25) is 0 Å². The minimum Gasteiger partial charge on any atom is -0.398 e. The van der Waals surface area contributed by atoms with Crippen molar-refractivity contribution in [2.45, 2.75) is 27.2 Å². The second-order valence-electron chi connectivity index (χ2n) is 5.02. The molecule has 0 atom stereocenters. The molecule has 0 aliphatic carbocycles. The van der Waals surface area contributed by atoms with Crippen LogP contribution >= 0.6 is 0 Å². The van der Waals surface area contributed by atoms with E-state index in [4.69, 9.17) is 11.1 Å². The van der Waals surface area contributed by atoms with E-state index in [1.54, 1.807) is 12.2 Å². The lowest BCUT2D eigenvalue weighted by atomic mass is 9.97. The Morgan fingerprint density at radius 3 is 2.48 bits per heavy atom. The Morgan fingerprint density at radius 1 is 1.29 bits per heavy atom. The zero-order chi connectivity index (χ0) is 16.0. The van der Waals surface area contributed by atoms with Gasteiger partial charge >= 0.3 is 0 Å². The number of nitrogens with one attached hydrogen (secondary N) is 1. The van der Waals surface area contributed by atoms with E-state index >= 15 is 0 Å². The summed E-state index contributed by atoms with van der Waals surface area (Å²) in [5, 5.41) is 8.28. The van der Waals surface area contributed by atoms with Gasteiger partial charge in [-0.2, -0.15) is 0 Å². The monoisotopic (exact) mass is 280 g/mol. The van der Waals surface area contributed by atoms with Crippen LogP contribution in [0, 0.1) is 12.3 Å². The molecule has 0 spiro atoms. The maximum absolute atomic E-state index is 8.28. The molecular formula is C19H24N2. The SMILES string of the molecule is C=C/C(N)=C(\C=C)C(=N)/C(C)=C/c1cc(CC)ccc1C. The van der Waals surface area contributed by atoms with Crippen LogP contribution in [-0.2, 0) is 6.42 Å². The summed E-state index contributed by atoms with van der Waals surface area (Å²) in [5.74, 6) is 0. The molecule has 0 heterocycles. The lowest BCUT2D eigenvalue weighted by Gasteiger charge is -2.10. The highest BCUT2D eigenvalue weighted by Gasteiger charge is 2.08. The zero-order valence-electron chi connectivity index (χ0n) is 13.2. The molecule has 0 radical (unpaired) electrons. The van der Waals surface area contributed by atoms with Gasteiger partial charge in [-0.25, -0.2) is 0 Å². The molecule has 0 fully saturated rings. The maximum atomic E-state index is 8.28. The van der Waals surface area contributed by atoms with Crippen LogP contribution in [0.5, 0.6) is 0 Å². The first kappa shape index (κ1) is 16.7. The number of aryl methyl sites for hydroxylation is 2. The van der Waals surface area contributed by atoms with Crippen molar-refractivity contribution in [1.82, 2.24) is 0 Å². The first-order valence-corrected chi connectivity index (χ1v) is 7.06. The van der Waals surface area contributed by atoms with Crippen LogP contribution in [0.25, 0.3) is 6.08 Å². The van der Waals surface area contributed by atoms with E-state index in [1.807, 2.05) is 13.0 Å². The molecule has 110 valence electrons. The summed E-state index contributed by atoms with van der Waals surface area (Å²) in [6, 6.07) is 6.42. The lowest BCUT2D eigenvalue weighted by molar-refractivity contribution is 1.13. The van der Waals surface area contributed by atoms with Crippen molar-refractivity contribution < 1.29 is 0 Å². The van der Waals surface area contributed by atoms with Crippen LogP contribution in [0.1, 0.15) is 30.5 Å². The molecule has 1 aromatic carbocycles. The van der Waals surface area contributed by atoms with Crippen molar-refractivity contribution in [2.75, 3.05) is 0 Å². The van der Waals surface area contributed by atoms with Gasteiger partial charge in [0.15, 0.2) is 0 Å². The molecule has 0 bridgehead atoms. The van der Waals surface area contributed by atoms with E-state index in [-0.39, 0.29) is 0 Å². The highest BCUT2D eigenvalue weighted by atomic mass is 14.6. The molecule has 0 aliphatic rings. The third-order valence-corrected chi connectivity index (χ3v) is 3.52. The van der Waals surface area contributed by atoms with Crippen molar-refractivity contribution in [3.05, 3.63) is 77.0 Å². The van der Waals surface area contributed by atoms with Gasteiger partial charge in [-0.1, -0.05) is 44.4 Å². The fourth-order valence-corrected chi connectivity index (χ4v) is 2.06. The van der Waals surface area contributed by atoms with Gasteiger partial charge in [-0.15, -0.1) is 0 Å². The molecule has 3 N–H and O–H groups in total. The lowest BCUT2D eigenvalue weighted by Crippen LogP contribution is -2.08. The number of nitrogens with two attached hydrogens (primary N) is 1. The standard InChI is InChI=1S/C19H24N2/c1-6-15-10-9-13(4)16(12-15)11-14(5)19(21)17(7-2)18(20)8-3/h7-12,21H,2-3,6,20H2,1,4-5H3/b14-11+,18-17-,21-19?. The Bertz CT molecular complexity index is 631. The van der Waals surface area contributed by atoms with E-state index in [1.165, 1.54) is 11.1 Å². The fraction of sp³-hybridized carbons (Fsp3) is 0.211. The van der Waals surface area contributed by atoms with Gasteiger partial charge in [0.05, 0.1) is 5.71 Å². The molecule has 0 unspecified atom stereocenters. The molecular weight excluding hydrogens is 256 g/mol. The second kappa shape index (κ2) is 7.44. The van der Waals surface area contributed by atoms with Crippen molar-refractivity contribution >= 4 is 11.8 Å². The summed E-state index contributed by atoms with van der Waals surface area (Å²) in [6.07, 6.45) is 6.17. The van der Waals surface area contributed by atoms with Crippen LogP contribution in [0.3, 0.4) is 0 Å². The molecule has 2 nitrogen and oxygen atoms in total. The van der Waals surface area contributed by atoms with Gasteiger partial charge in [0.1, 0.15) is 0 Å². The zero-order valence-corrected chi connectivity index (χ0v) is 13.2. The van der Waals surface area contributed by atoms with Crippen molar-refractivity contribution in [2.24, 2.45) is 5.73 Å². The van der Waals surface area contributed by atoms with E-state index in [2.05, 4.69) is 45.2 Å². The molecule has 1 rings (SSSR count). The third-order valence-electron chi connectivity index (χ3n) is 3.52. The summed E-state index contributed by atoms with van der Waals surface area (Å²) in [5.41, 5.74) is 11.8. The Hall–Kier alpha value is -2.35. The summed E-state index contributed by atoms with van der Waals surface area (Å²) in [4.78, 5) is 0. The molecule has 21 heavy (non-hydrogen) atoms. The topological polar surface area (TPSA) is 49.9 Å². The predicted molar refractivity (Wildman–Crippen MR) is 93.5 cm³/mol. The Labute approximate surface area is 127 Å². The average Bonchev–Trinajstić information content (AvgIpc) is 2.49. The van der Waals surface area contributed by atoms with Gasteiger partial charge in [0.2, 0.25) is 0 Å². The Morgan fingerprint density at radius 2 is 1.95 bits per heavy atom. The number of allylic oxidation sites excluding steroid dienone is 4. The van der Waals surface area contributed by atoms with Gasteiger partial charge in [-0.3, -0.25) is 5.41 Å². The molecule has 0 saturated carbocycles. The number of hydrogen-bond acceptors (Lipinski definition) is 2. The summed E-state index contributed by atoms with van der Waals surface area (Å²) < 4.78 is 0. The summed E-state index contributed by atoms with van der Waals surface area (Å²) in [6.45, 7) is 13.5. The number of hydrogen-bond donors (Lipinski definition) is 2. The molecule has 0 aromatic heterocycles. The van der Waals surface area contributed by atoms with Crippen molar-refractivity contribution in [3.63, 3.8) is 0 Å². The number of benzene rings is 1. The first-order chi connectivity index (χ1) is 9.94. The minimum atomic E-state index is 0.378. The van der Waals surface area contributed by atoms with Crippen LogP contribution < -0.4 is 5.73 Å².